The first-order valence-electron chi connectivity index (χ1n) is 30.1. The molecule has 13 N–H and O–H groups in total. The molecule has 8 aliphatic rings. The summed E-state index contributed by atoms with van der Waals surface area (Å²) in [5.74, 6) is 3.14. The maximum atomic E-state index is 15.6. The molecule has 20 unspecified atom stereocenters. The van der Waals surface area contributed by atoms with Crippen LogP contribution < -0.4 is 16.8 Å². The van der Waals surface area contributed by atoms with E-state index in [4.69, 9.17) is 16.2 Å². The third-order valence-corrected chi connectivity index (χ3v) is 22.2. The highest BCUT2D eigenvalue weighted by Crippen LogP contribution is 2.73. The standard InChI is InChI=1S/C64H89N5O11/c1-35-7-11-39-14-18-44-36(2)27-53(75)62(4,78)58-47(38(6-5-25-70)12-13-40(28-46(44)45(39)26-35)48-34-80-59(77)54(48)41-20-23-67-32-41)30-64(79)55-49(19-21-63(58,64)22-24-68-60(65)66)61(3)31-52(74)51(73)29-50(61)57(76)56(55)69-33-43(72)17-10-37-8-15-42(71)16-9-37/h8-9,14-16,20,23,32,35-36,38,40,44-54,58,67,69-71,73-75,78-79H,5-7,10-11,17-19,21-22,24-31,33-34H2,1-4H3,(H4,65,66,68). The molecule has 0 spiro atoms. The number of nitrogens with one attached hydrogen (secondary N) is 2. The van der Waals surface area contributed by atoms with Crippen LogP contribution in [0.3, 0.4) is 0 Å². The van der Waals surface area contributed by atoms with E-state index < -0.39 is 75.9 Å². The predicted molar refractivity (Wildman–Crippen MR) is 302 cm³/mol. The lowest BCUT2D eigenvalue weighted by molar-refractivity contribution is -0.191. The van der Waals surface area contributed by atoms with Crippen LogP contribution in [0.15, 0.2) is 70.6 Å². The number of esters is 1. The Labute approximate surface area is 471 Å². The first-order chi connectivity index (χ1) is 38.1. The topological polar surface area (TPSA) is 294 Å². The highest BCUT2D eigenvalue weighted by molar-refractivity contribution is 6.00. The van der Waals surface area contributed by atoms with E-state index in [-0.39, 0.29) is 129 Å². The number of aliphatic hydroxyl groups excluding tert-OH is 4. The fourth-order valence-electron chi connectivity index (χ4n) is 18.2. The summed E-state index contributed by atoms with van der Waals surface area (Å²) in [4.78, 5) is 51.2. The van der Waals surface area contributed by atoms with Gasteiger partial charge in [0.1, 0.15) is 5.75 Å². The van der Waals surface area contributed by atoms with Gasteiger partial charge in [-0.3, -0.25) is 19.4 Å². The number of H-pyrrole nitrogens is 1. The molecule has 16 nitrogen and oxygen atoms in total. The number of aromatic amines is 1. The first kappa shape index (κ1) is 58.2. The van der Waals surface area contributed by atoms with Crippen molar-refractivity contribution in [2.45, 2.75) is 166 Å². The summed E-state index contributed by atoms with van der Waals surface area (Å²) in [6.45, 7) is 8.02. The second-order valence-electron chi connectivity index (χ2n) is 26.7. The van der Waals surface area contributed by atoms with Crippen molar-refractivity contribution in [3.8, 4) is 17.6 Å². The molecule has 2 heterocycles. The fraction of sp³-hybridized carbons (Fsp3) is 0.688. The van der Waals surface area contributed by atoms with Crippen LogP contribution in [0.4, 0.5) is 0 Å². The number of Topliss-reactive ketones (excluding diaryl/α,β-unsaturated/α-hetero) is 2. The Morgan fingerprint density at radius 2 is 1.70 bits per heavy atom. The van der Waals surface area contributed by atoms with Gasteiger partial charge in [0, 0.05) is 67.0 Å². The van der Waals surface area contributed by atoms with Crippen LogP contribution in [0, 0.1) is 93.7 Å². The lowest BCUT2D eigenvalue weighted by Gasteiger charge is -2.62. The van der Waals surface area contributed by atoms with Gasteiger partial charge in [-0.15, -0.1) is 0 Å². The molecule has 2 aromatic rings. The van der Waals surface area contributed by atoms with E-state index in [0.717, 1.165) is 36.8 Å². The Bertz CT molecular complexity index is 2760. The number of hydrogen-bond donors (Lipinski definition) is 11. The zero-order chi connectivity index (χ0) is 57.1. The van der Waals surface area contributed by atoms with E-state index in [2.05, 4.69) is 47.1 Å². The number of phenols is 1. The Morgan fingerprint density at radius 3 is 2.42 bits per heavy atom. The van der Waals surface area contributed by atoms with Crippen molar-refractivity contribution >= 4 is 23.5 Å². The average molecular weight is 1100 g/mol. The Hall–Kier alpha value is -5.02. The van der Waals surface area contributed by atoms with Crippen LogP contribution in [-0.2, 0) is 25.5 Å². The van der Waals surface area contributed by atoms with Crippen molar-refractivity contribution in [3.63, 3.8) is 0 Å². The number of ether oxygens (including phenoxy) is 1. The number of carbonyl (C=O) groups is 3. The van der Waals surface area contributed by atoms with Gasteiger partial charge in [0.25, 0.3) is 0 Å². The number of phenolic OH excluding ortho intramolecular Hbond substituents is 1. The molecule has 5 fully saturated rings. The zero-order valence-electron chi connectivity index (χ0n) is 47.4. The number of aromatic nitrogens is 1. The summed E-state index contributed by atoms with van der Waals surface area (Å²) in [6, 6.07) is 8.57. The minimum atomic E-state index is -1.93. The number of aryl methyl sites for hydroxylation is 1. The summed E-state index contributed by atoms with van der Waals surface area (Å²) in [6.07, 6.45) is 9.53. The van der Waals surface area contributed by atoms with Gasteiger partial charge < -0.3 is 62.3 Å². The van der Waals surface area contributed by atoms with E-state index in [1.165, 1.54) is 5.57 Å². The molecule has 1 aliphatic heterocycles. The summed E-state index contributed by atoms with van der Waals surface area (Å²) in [7, 11) is 0. The van der Waals surface area contributed by atoms with Crippen LogP contribution in [0.5, 0.6) is 5.75 Å². The number of aromatic hydroxyl groups is 1. The minimum Gasteiger partial charge on any atom is -0.508 e. The van der Waals surface area contributed by atoms with Crippen molar-refractivity contribution in [2.24, 2.45) is 98.3 Å². The third kappa shape index (κ3) is 10.5. The number of rotatable bonds is 14. The number of carbonyl (C=O) groups excluding carboxylic acids is 3. The largest absolute Gasteiger partial charge is 0.508 e. The van der Waals surface area contributed by atoms with Crippen molar-refractivity contribution in [2.75, 3.05) is 26.3 Å². The molecule has 436 valence electrons. The molecular weight excluding hydrogens is 1010 g/mol. The molecule has 0 bridgehead atoms. The monoisotopic (exact) mass is 1100 g/mol. The number of cyclic esters (lactones) is 1. The molecule has 0 radical (unpaired) electrons. The summed E-state index contributed by atoms with van der Waals surface area (Å²) < 4.78 is 5.99. The van der Waals surface area contributed by atoms with Gasteiger partial charge in [0.15, 0.2) is 17.5 Å². The van der Waals surface area contributed by atoms with E-state index >= 15 is 4.79 Å². The number of allylic oxidation sites excluding steroid dienone is 3. The van der Waals surface area contributed by atoms with E-state index in [9.17, 15) is 45.3 Å². The SMILES string of the molecule is CC1CCC2=CCC3C(C)CC(O)C(C)(O)C4C(CC5(O)C6=C(NCC(=O)CCc7ccc(O)cc7)C(=O)C7CC(O)C(O)CC7(C)C6CCC45CCN=C(N)N)C(CCCO)C#CC(C4COC(=O)C4c4cc[nH]c4)CC3C2C1. The van der Waals surface area contributed by atoms with Crippen LogP contribution in [0.25, 0.3) is 0 Å². The van der Waals surface area contributed by atoms with E-state index in [0.29, 0.717) is 55.9 Å². The number of aliphatic imine (C=N–C) groups is 1. The lowest BCUT2D eigenvalue weighted by Crippen LogP contribution is -2.65. The molecule has 1 aromatic heterocycles. The quantitative estimate of drug-likeness (QED) is 0.0355. The molecule has 7 aliphatic carbocycles. The van der Waals surface area contributed by atoms with Gasteiger partial charge in [-0.2, -0.15) is 0 Å². The van der Waals surface area contributed by atoms with Crippen LogP contribution in [0.1, 0.15) is 141 Å². The van der Waals surface area contributed by atoms with E-state index in [1.54, 1.807) is 31.2 Å². The second-order valence-corrected chi connectivity index (χ2v) is 26.7. The van der Waals surface area contributed by atoms with E-state index in [1.807, 2.05) is 25.4 Å². The normalized spacial score (nSPS) is 41.5. The van der Waals surface area contributed by atoms with Gasteiger partial charge in [-0.1, -0.05) is 56.4 Å². The smallest absolute Gasteiger partial charge is 0.313 e. The van der Waals surface area contributed by atoms with Crippen molar-refractivity contribution in [1.29, 1.82) is 0 Å². The number of ketones is 2. The Kier molecular flexibility index (Phi) is 16.7. The molecule has 1 aromatic carbocycles. The number of hydrogen-bond acceptors (Lipinski definition) is 13. The number of nitrogens with zero attached hydrogens (tertiary/aromatic N) is 1. The fourth-order valence-corrected chi connectivity index (χ4v) is 18.2. The highest BCUT2D eigenvalue weighted by atomic mass is 16.5. The first-order valence-corrected chi connectivity index (χ1v) is 30.1. The molecule has 20 atom stereocenters. The second kappa shape index (κ2) is 23.0. The Morgan fingerprint density at radius 1 is 0.925 bits per heavy atom. The van der Waals surface area contributed by atoms with Gasteiger partial charge >= 0.3 is 5.97 Å². The molecular formula is C64H89N5O11. The van der Waals surface area contributed by atoms with Crippen molar-refractivity contribution in [3.05, 3.63) is 76.8 Å². The molecule has 1 saturated heterocycles. The molecule has 16 heteroatoms. The highest BCUT2D eigenvalue weighted by Gasteiger charge is 2.75. The maximum absolute atomic E-state index is 15.6. The lowest BCUT2D eigenvalue weighted by atomic mass is 9.44. The molecule has 10 rings (SSSR count). The van der Waals surface area contributed by atoms with Gasteiger partial charge in [0.05, 0.1) is 54.3 Å². The molecule has 80 heavy (non-hydrogen) atoms. The van der Waals surface area contributed by atoms with Crippen LogP contribution in [0.2, 0.25) is 0 Å². The number of benzene rings is 1. The van der Waals surface area contributed by atoms with Crippen molar-refractivity contribution in [1.82, 2.24) is 10.3 Å². The Balaban J connectivity index is 1.15. The summed E-state index contributed by atoms with van der Waals surface area (Å²) in [5, 5.41) is 88.4. The van der Waals surface area contributed by atoms with Crippen LogP contribution >= 0.6 is 0 Å². The van der Waals surface area contributed by atoms with Gasteiger partial charge in [-0.05, 0) is 185 Å². The number of fused-ring (bicyclic) bond motifs is 10. The van der Waals surface area contributed by atoms with Gasteiger partial charge in [0.2, 0.25) is 0 Å². The third-order valence-electron chi connectivity index (χ3n) is 22.2. The number of nitrogens with two attached hydrogens (primary N) is 2. The maximum Gasteiger partial charge on any atom is 0.313 e. The number of guanidine groups is 1. The van der Waals surface area contributed by atoms with Crippen LogP contribution in [-0.4, -0.2) is 120 Å². The average Bonchev–Trinajstić information content (AvgIpc) is 2.76. The minimum absolute atomic E-state index is 0.0139. The zero-order valence-corrected chi connectivity index (χ0v) is 47.4. The molecule has 4 saturated carbocycles. The summed E-state index contributed by atoms with van der Waals surface area (Å²) >= 11 is 0. The number of aliphatic hydroxyl groups is 6. The summed E-state index contributed by atoms with van der Waals surface area (Å²) in [5.41, 5.74) is 9.69. The predicted octanol–water partition coefficient (Wildman–Crippen LogP) is 5.72. The van der Waals surface area contributed by atoms with Gasteiger partial charge in [-0.25, -0.2) is 0 Å². The molecule has 0 amide bonds. The van der Waals surface area contributed by atoms with Crippen molar-refractivity contribution < 1.29 is 54.9 Å².